The minimum Gasteiger partial charge on any atom is -0.493 e. The van der Waals surface area contributed by atoms with Crippen molar-refractivity contribution in [3.8, 4) is 17.6 Å². The van der Waals surface area contributed by atoms with Gasteiger partial charge in [0, 0.05) is 17.4 Å². The molecule has 0 saturated carbocycles. The van der Waals surface area contributed by atoms with Gasteiger partial charge in [0.2, 0.25) is 5.91 Å². The number of methoxy groups -OCH3 is 2. The van der Waals surface area contributed by atoms with Gasteiger partial charge in [-0.2, -0.15) is 5.26 Å². The fourth-order valence-corrected chi connectivity index (χ4v) is 3.66. The summed E-state index contributed by atoms with van der Waals surface area (Å²) in [7, 11) is 3.10. The molecule has 0 saturated heterocycles. The second-order valence-corrected chi connectivity index (χ2v) is 6.78. The first-order chi connectivity index (χ1) is 12.6. The van der Waals surface area contributed by atoms with Gasteiger partial charge in [0.25, 0.3) is 0 Å². The average molecular weight is 369 g/mol. The number of thioether (sulfide) groups is 1. The maximum Gasteiger partial charge on any atom is 0.234 e. The highest BCUT2D eigenvalue weighted by Crippen LogP contribution is 2.30. The van der Waals surface area contributed by atoms with Crippen LogP contribution in [0.15, 0.2) is 29.3 Å². The van der Waals surface area contributed by atoms with Crippen molar-refractivity contribution in [3.05, 3.63) is 41.1 Å². The Labute approximate surface area is 156 Å². The average Bonchev–Trinajstić information content (AvgIpc) is 3.12. The Hall–Kier alpha value is -2.72. The van der Waals surface area contributed by atoms with E-state index in [-0.39, 0.29) is 11.7 Å². The first-order valence-corrected chi connectivity index (χ1v) is 9.20. The topological polar surface area (TPSA) is 84.2 Å². The number of hydrogen-bond donors (Lipinski definition) is 1. The SMILES string of the molecule is COc1ccc(NC(=O)CSc2nc3c(cc2C#N)CCC3)cc1OC. The van der Waals surface area contributed by atoms with Crippen molar-refractivity contribution in [1.29, 1.82) is 5.26 Å². The number of benzene rings is 1. The van der Waals surface area contributed by atoms with Crippen molar-refractivity contribution in [3.63, 3.8) is 0 Å². The molecular formula is C19H19N3O3S. The number of aromatic nitrogens is 1. The quantitative estimate of drug-likeness (QED) is 0.787. The van der Waals surface area contributed by atoms with Gasteiger partial charge in [-0.15, -0.1) is 0 Å². The molecule has 0 radical (unpaired) electrons. The third-order valence-electron chi connectivity index (χ3n) is 4.14. The van der Waals surface area contributed by atoms with Crippen molar-refractivity contribution in [2.24, 2.45) is 0 Å². The first kappa shape index (κ1) is 18.1. The molecule has 1 heterocycles. The highest BCUT2D eigenvalue weighted by molar-refractivity contribution is 8.00. The van der Waals surface area contributed by atoms with E-state index in [1.165, 1.54) is 11.8 Å². The van der Waals surface area contributed by atoms with Gasteiger partial charge in [-0.05, 0) is 43.0 Å². The Balaban J connectivity index is 1.66. The predicted octanol–water partition coefficient (Wildman–Crippen LogP) is 3.19. The molecule has 1 aliphatic carbocycles. The number of pyridine rings is 1. The number of fused-ring (bicyclic) bond motifs is 1. The van der Waals surface area contributed by atoms with Crippen molar-refractivity contribution in [2.45, 2.75) is 24.3 Å². The van der Waals surface area contributed by atoms with Gasteiger partial charge in [-0.1, -0.05) is 11.8 Å². The van der Waals surface area contributed by atoms with Crippen LogP contribution in [0.1, 0.15) is 23.2 Å². The fraction of sp³-hybridized carbons (Fsp3) is 0.316. The lowest BCUT2D eigenvalue weighted by atomic mass is 10.2. The molecule has 0 unspecified atom stereocenters. The summed E-state index contributed by atoms with van der Waals surface area (Å²) < 4.78 is 10.4. The van der Waals surface area contributed by atoms with Crippen LogP contribution in [-0.2, 0) is 17.6 Å². The molecule has 0 bridgehead atoms. The number of rotatable bonds is 6. The molecule has 1 aromatic heterocycles. The number of ether oxygens (including phenoxy) is 2. The molecule has 1 N–H and O–H groups in total. The Kier molecular flexibility index (Phi) is 5.64. The Morgan fingerprint density at radius 1 is 1.27 bits per heavy atom. The third kappa shape index (κ3) is 3.92. The Bertz CT molecular complexity index is 877. The van der Waals surface area contributed by atoms with Crippen LogP contribution >= 0.6 is 11.8 Å². The van der Waals surface area contributed by atoms with Crippen LogP contribution in [0.25, 0.3) is 0 Å². The summed E-state index contributed by atoms with van der Waals surface area (Å²) in [4.78, 5) is 16.8. The third-order valence-corrected chi connectivity index (χ3v) is 5.13. The molecule has 0 aliphatic heterocycles. The first-order valence-electron chi connectivity index (χ1n) is 8.22. The van der Waals surface area contributed by atoms with Crippen LogP contribution < -0.4 is 14.8 Å². The van der Waals surface area contributed by atoms with E-state index in [1.54, 1.807) is 32.4 Å². The zero-order valence-electron chi connectivity index (χ0n) is 14.7. The van der Waals surface area contributed by atoms with Gasteiger partial charge < -0.3 is 14.8 Å². The van der Waals surface area contributed by atoms with E-state index in [0.717, 1.165) is 30.5 Å². The minimum atomic E-state index is -0.173. The standard InChI is InChI=1S/C19H19N3O3S/c1-24-16-7-6-14(9-17(16)25-2)21-18(23)11-26-19-13(10-20)8-12-4-3-5-15(12)22-19/h6-9H,3-5,11H2,1-2H3,(H,21,23). The molecule has 1 amide bonds. The van der Waals surface area contributed by atoms with E-state index in [9.17, 15) is 10.1 Å². The number of nitrogens with one attached hydrogen (secondary N) is 1. The summed E-state index contributed by atoms with van der Waals surface area (Å²) in [6.07, 6.45) is 2.98. The fourth-order valence-electron chi connectivity index (χ4n) is 2.89. The number of carbonyl (C=O) groups is 1. The Morgan fingerprint density at radius 3 is 2.81 bits per heavy atom. The molecule has 6 nitrogen and oxygen atoms in total. The van der Waals surface area contributed by atoms with Crippen LogP contribution in [0.2, 0.25) is 0 Å². The van der Waals surface area contributed by atoms with Crippen LogP contribution in [0.3, 0.4) is 0 Å². The second-order valence-electron chi connectivity index (χ2n) is 5.82. The maximum atomic E-state index is 12.3. The summed E-state index contributed by atoms with van der Waals surface area (Å²) in [5.74, 6) is 1.15. The molecule has 0 atom stereocenters. The number of nitrogens with zero attached hydrogens (tertiary/aromatic N) is 2. The van der Waals surface area contributed by atoms with E-state index >= 15 is 0 Å². The zero-order chi connectivity index (χ0) is 18.5. The summed E-state index contributed by atoms with van der Waals surface area (Å²) in [6, 6.07) is 9.27. The lowest BCUT2D eigenvalue weighted by Crippen LogP contribution is -2.14. The van der Waals surface area contributed by atoms with Crippen molar-refractivity contribution in [1.82, 2.24) is 4.98 Å². The smallest absolute Gasteiger partial charge is 0.234 e. The largest absolute Gasteiger partial charge is 0.493 e. The van der Waals surface area contributed by atoms with Gasteiger partial charge in [-0.25, -0.2) is 4.98 Å². The number of anilines is 1. The zero-order valence-corrected chi connectivity index (χ0v) is 15.5. The van der Waals surface area contributed by atoms with E-state index in [1.807, 2.05) is 6.07 Å². The number of nitriles is 1. The van der Waals surface area contributed by atoms with Crippen molar-refractivity contribution < 1.29 is 14.3 Å². The van der Waals surface area contributed by atoms with Gasteiger partial charge in [0.05, 0.1) is 25.5 Å². The van der Waals surface area contributed by atoms with Crippen LogP contribution in [0.5, 0.6) is 11.5 Å². The molecule has 134 valence electrons. The van der Waals surface area contributed by atoms with Crippen LogP contribution in [0.4, 0.5) is 5.69 Å². The molecule has 26 heavy (non-hydrogen) atoms. The van der Waals surface area contributed by atoms with E-state index in [2.05, 4.69) is 16.4 Å². The summed E-state index contributed by atoms with van der Waals surface area (Å²) in [5, 5.41) is 12.8. The van der Waals surface area contributed by atoms with E-state index in [4.69, 9.17) is 9.47 Å². The number of carbonyl (C=O) groups excluding carboxylic acids is 1. The summed E-state index contributed by atoms with van der Waals surface area (Å²) in [6.45, 7) is 0. The Morgan fingerprint density at radius 2 is 2.08 bits per heavy atom. The maximum absolute atomic E-state index is 12.3. The molecule has 0 spiro atoms. The lowest BCUT2D eigenvalue weighted by Gasteiger charge is -2.11. The summed E-state index contributed by atoms with van der Waals surface area (Å²) in [5.41, 5.74) is 3.36. The molecule has 1 aliphatic rings. The highest BCUT2D eigenvalue weighted by Gasteiger charge is 2.17. The number of aryl methyl sites for hydroxylation is 2. The summed E-state index contributed by atoms with van der Waals surface area (Å²) >= 11 is 1.28. The van der Waals surface area contributed by atoms with Gasteiger partial charge in [0.15, 0.2) is 11.5 Å². The molecule has 3 rings (SSSR count). The minimum absolute atomic E-state index is 0.173. The molecule has 0 fully saturated rings. The van der Waals surface area contributed by atoms with E-state index in [0.29, 0.717) is 27.8 Å². The van der Waals surface area contributed by atoms with Crippen molar-refractivity contribution in [2.75, 3.05) is 25.3 Å². The predicted molar refractivity (Wildman–Crippen MR) is 99.9 cm³/mol. The number of hydrogen-bond acceptors (Lipinski definition) is 6. The van der Waals surface area contributed by atoms with Gasteiger partial charge in [0.1, 0.15) is 11.1 Å². The highest BCUT2D eigenvalue weighted by atomic mass is 32.2. The van der Waals surface area contributed by atoms with E-state index < -0.39 is 0 Å². The van der Waals surface area contributed by atoms with Crippen molar-refractivity contribution >= 4 is 23.4 Å². The molecular weight excluding hydrogens is 350 g/mol. The molecule has 7 heteroatoms. The van der Waals surface area contributed by atoms with Gasteiger partial charge >= 0.3 is 0 Å². The molecule has 1 aromatic carbocycles. The van der Waals surface area contributed by atoms with Gasteiger partial charge in [-0.3, -0.25) is 4.79 Å². The van der Waals surface area contributed by atoms with Crippen LogP contribution in [-0.4, -0.2) is 30.9 Å². The second kappa shape index (κ2) is 8.11. The van der Waals surface area contributed by atoms with Crippen LogP contribution in [0, 0.1) is 11.3 Å². The normalized spacial score (nSPS) is 12.2. The molecule has 2 aromatic rings. The lowest BCUT2D eigenvalue weighted by molar-refractivity contribution is -0.113. The number of amides is 1. The monoisotopic (exact) mass is 369 g/mol.